The Labute approximate surface area is 125 Å². The molecule has 0 aromatic rings. The largest absolute Gasteiger partial charge is 0.349 e. The summed E-state index contributed by atoms with van der Waals surface area (Å²) in [6, 6.07) is -0.516. The molecule has 1 rings (SSSR count). The van der Waals surface area contributed by atoms with Crippen molar-refractivity contribution >= 4 is 17.8 Å². The lowest BCUT2D eigenvalue weighted by Gasteiger charge is -2.31. The zero-order valence-electron chi connectivity index (χ0n) is 12.7. The van der Waals surface area contributed by atoms with Crippen LogP contribution in [0.2, 0.25) is 0 Å². The minimum Gasteiger partial charge on any atom is -0.349 e. The van der Waals surface area contributed by atoms with E-state index in [0.29, 0.717) is 19.6 Å². The van der Waals surface area contributed by atoms with Crippen molar-refractivity contribution in [3.8, 4) is 0 Å². The number of hydrogen-bond donors (Lipinski definition) is 2. The predicted molar refractivity (Wildman–Crippen MR) is 79.6 cm³/mol. The van der Waals surface area contributed by atoms with Crippen LogP contribution in [0, 0.1) is 5.92 Å². The zero-order chi connectivity index (χ0) is 15.8. The van der Waals surface area contributed by atoms with Crippen LogP contribution in [-0.2, 0) is 9.59 Å². The summed E-state index contributed by atoms with van der Waals surface area (Å²) < 4.78 is 0. The maximum atomic E-state index is 11.8. The Bertz CT molecular complexity index is 401. The van der Waals surface area contributed by atoms with Gasteiger partial charge >= 0.3 is 6.03 Å². The summed E-state index contributed by atoms with van der Waals surface area (Å²) in [5.41, 5.74) is 0. The van der Waals surface area contributed by atoms with Gasteiger partial charge in [-0.25, -0.2) is 4.79 Å². The summed E-state index contributed by atoms with van der Waals surface area (Å²) in [5.74, 6) is -0.160. The molecule has 1 heterocycles. The number of carbonyl (C=O) groups is 3. The van der Waals surface area contributed by atoms with Crippen LogP contribution in [0.15, 0.2) is 12.7 Å². The van der Waals surface area contributed by atoms with Gasteiger partial charge in [-0.2, -0.15) is 0 Å². The summed E-state index contributed by atoms with van der Waals surface area (Å²) in [7, 11) is 3.51. The molecular formula is C14H24N4O3. The molecule has 2 N–H and O–H groups in total. The SMILES string of the molecule is C=CCNC(=O)NC(=O)CN1CCC(C(=O)N(C)C)CC1. The first-order chi connectivity index (χ1) is 9.93. The van der Waals surface area contributed by atoms with Gasteiger partial charge in [0, 0.05) is 26.6 Å². The first kappa shape index (κ1) is 17.2. The summed E-state index contributed by atoms with van der Waals surface area (Å²) in [6.45, 7) is 5.33. The number of rotatable bonds is 5. The van der Waals surface area contributed by atoms with Gasteiger partial charge in [-0.05, 0) is 25.9 Å². The van der Waals surface area contributed by atoms with Crippen molar-refractivity contribution in [3.05, 3.63) is 12.7 Å². The Hall–Kier alpha value is -1.89. The maximum Gasteiger partial charge on any atom is 0.321 e. The Kier molecular flexibility index (Phi) is 6.87. The van der Waals surface area contributed by atoms with E-state index >= 15 is 0 Å². The second kappa shape index (κ2) is 8.41. The van der Waals surface area contributed by atoms with E-state index in [1.807, 2.05) is 4.90 Å². The van der Waals surface area contributed by atoms with E-state index in [1.54, 1.807) is 19.0 Å². The molecule has 0 bridgehead atoms. The molecule has 0 saturated carbocycles. The lowest BCUT2D eigenvalue weighted by molar-refractivity contribution is -0.134. The number of nitrogens with zero attached hydrogens (tertiary/aromatic N) is 2. The number of piperidine rings is 1. The summed E-state index contributed by atoms with van der Waals surface area (Å²) in [6.07, 6.45) is 3.02. The minimum absolute atomic E-state index is 0.0372. The third-order valence-corrected chi connectivity index (χ3v) is 3.40. The van der Waals surface area contributed by atoms with Crippen molar-refractivity contribution in [2.45, 2.75) is 12.8 Å². The average molecular weight is 296 g/mol. The normalized spacial score (nSPS) is 16.1. The average Bonchev–Trinajstić information content (AvgIpc) is 2.44. The third kappa shape index (κ3) is 5.95. The lowest BCUT2D eigenvalue weighted by Crippen LogP contribution is -2.47. The standard InChI is InChI=1S/C14H24N4O3/c1-4-7-15-14(21)16-12(19)10-18-8-5-11(6-9-18)13(20)17(2)3/h4,11H,1,5-10H2,2-3H3,(H2,15,16,19,21). The maximum absolute atomic E-state index is 11.8. The number of urea groups is 1. The molecule has 1 fully saturated rings. The summed E-state index contributed by atoms with van der Waals surface area (Å²) in [5, 5.41) is 4.74. The first-order valence-corrected chi connectivity index (χ1v) is 7.06. The molecule has 21 heavy (non-hydrogen) atoms. The van der Waals surface area contributed by atoms with Gasteiger partial charge in [0.1, 0.15) is 0 Å². The number of nitrogens with one attached hydrogen (secondary N) is 2. The Morgan fingerprint density at radius 2 is 1.90 bits per heavy atom. The highest BCUT2D eigenvalue weighted by Gasteiger charge is 2.26. The quantitative estimate of drug-likeness (QED) is 0.688. The minimum atomic E-state index is -0.516. The van der Waals surface area contributed by atoms with Crippen LogP contribution in [-0.4, -0.2) is 67.9 Å². The molecule has 0 aromatic carbocycles. The van der Waals surface area contributed by atoms with Gasteiger partial charge in [0.05, 0.1) is 6.54 Å². The fraction of sp³-hybridized carbons (Fsp3) is 0.643. The van der Waals surface area contributed by atoms with Crippen molar-refractivity contribution < 1.29 is 14.4 Å². The van der Waals surface area contributed by atoms with Crippen molar-refractivity contribution in [2.24, 2.45) is 5.92 Å². The van der Waals surface area contributed by atoms with Crippen LogP contribution >= 0.6 is 0 Å². The topological polar surface area (TPSA) is 81.8 Å². The van der Waals surface area contributed by atoms with Crippen LogP contribution < -0.4 is 10.6 Å². The van der Waals surface area contributed by atoms with Crippen LogP contribution in [0.5, 0.6) is 0 Å². The first-order valence-electron chi connectivity index (χ1n) is 7.06. The molecule has 7 nitrogen and oxygen atoms in total. The van der Waals surface area contributed by atoms with Gasteiger partial charge in [0.15, 0.2) is 0 Å². The molecule has 4 amide bonds. The van der Waals surface area contributed by atoms with E-state index in [1.165, 1.54) is 6.08 Å². The van der Waals surface area contributed by atoms with Crippen molar-refractivity contribution in [1.82, 2.24) is 20.4 Å². The Morgan fingerprint density at radius 1 is 1.29 bits per heavy atom. The van der Waals surface area contributed by atoms with E-state index in [0.717, 1.165) is 12.8 Å². The predicted octanol–water partition coefficient (Wildman–Crippen LogP) is -0.202. The highest BCUT2D eigenvalue weighted by Crippen LogP contribution is 2.18. The number of hydrogen-bond acceptors (Lipinski definition) is 4. The molecular weight excluding hydrogens is 272 g/mol. The van der Waals surface area contributed by atoms with Crippen molar-refractivity contribution in [1.29, 1.82) is 0 Å². The second-order valence-corrected chi connectivity index (χ2v) is 5.33. The van der Waals surface area contributed by atoms with Gasteiger partial charge in [-0.3, -0.25) is 19.8 Å². The molecule has 7 heteroatoms. The number of carbonyl (C=O) groups excluding carboxylic acids is 3. The fourth-order valence-corrected chi connectivity index (χ4v) is 2.28. The van der Waals surface area contributed by atoms with E-state index < -0.39 is 6.03 Å². The summed E-state index contributed by atoms with van der Waals surface area (Å²) in [4.78, 5) is 38.4. The van der Waals surface area contributed by atoms with Crippen LogP contribution in [0.25, 0.3) is 0 Å². The molecule has 0 unspecified atom stereocenters. The van der Waals surface area contributed by atoms with Gasteiger partial charge in [-0.15, -0.1) is 6.58 Å². The molecule has 118 valence electrons. The van der Waals surface area contributed by atoms with E-state index in [2.05, 4.69) is 17.2 Å². The number of imide groups is 1. The molecule has 1 saturated heterocycles. The zero-order valence-corrected chi connectivity index (χ0v) is 12.7. The molecule has 0 atom stereocenters. The molecule has 0 spiro atoms. The molecule has 0 radical (unpaired) electrons. The highest BCUT2D eigenvalue weighted by atomic mass is 16.2. The lowest BCUT2D eigenvalue weighted by atomic mass is 9.95. The third-order valence-electron chi connectivity index (χ3n) is 3.40. The van der Waals surface area contributed by atoms with Gasteiger partial charge in [-0.1, -0.05) is 6.08 Å². The van der Waals surface area contributed by atoms with E-state index in [4.69, 9.17) is 0 Å². The van der Waals surface area contributed by atoms with Crippen molar-refractivity contribution in [2.75, 3.05) is 40.3 Å². The monoisotopic (exact) mass is 296 g/mol. The van der Waals surface area contributed by atoms with Crippen molar-refractivity contribution in [3.63, 3.8) is 0 Å². The second-order valence-electron chi connectivity index (χ2n) is 5.33. The highest BCUT2D eigenvalue weighted by molar-refractivity contribution is 5.95. The van der Waals surface area contributed by atoms with Gasteiger partial charge < -0.3 is 10.2 Å². The molecule has 1 aliphatic heterocycles. The van der Waals surface area contributed by atoms with E-state index in [9.17, 15) is 14.4 Å². The van der Waals surface area contributed by atoms with E-state index in [-0.39, 0.29) is 24.3 Å². The molecule has 1 aliphatic rings. The number of amides is 4. The molecule has 0 aliphatic carbocycles. The Morgan fingerprint density at radius 3 is 2.43 bits per heavy atom. The van der Waals surface area contributed by atoms with Gasteiger partial charge in [0.2, 0.25) is 11.8 Å². The Balaban J connectivity index is 2.29. The smallest absolute Gasteiger partial charge is 0.321 e. The van der Waals surface area contributed by atoms with Crippen LogP contribution in [0.1, 0.15) is 12.8 Å². The van der Waals surface area contributed by atoms with Crippen LogP contribution in [0.3, 0.4) is 0 Å². The summed E-state index contributed by atoms with van der Waals surface area (Å²) >= 11 is 0. The molecule has 0 aromatic heterocycles. The van der Waals surface area contributed by atoms with Crippen LogP contribution in [0.4, 0.5) is 4.79 Å². The fourth-order valence-electron chi connectivity index (χ4n) is 2.28. The number of likely N-dealkylation sites (tertiary alicyclic amines) is 1. The van der Waals surface area contributed by atoms with Gasteiger partial charge in [0.25, 0.3) is 0 Å².